The Hall–Kier alpha value is -8.80. The number of ether oxygens (including phenoxy) is 2. The third-order valence-electron chi connectivity index (χ3n) is 14.0. The zero-order chi connectivity index (χ0) is 45.7. The molecule has 0 radical (unpaired) electrons. The summed E-state index contributed by atoms with van der Waals surface area (Å²) in [5.74, 6) is 4.52. The average Bonchev–Trinajstić information content (AvgIpc) is 3.97. The van der Waals surface area contributed by atoms with Crippen LogP contribution in [-0.4, -0.2) is 14.8 Å². The van der Waals surface area contributed by atoms with E-state index < -0.39 is 5.41 Å². The molecule has 0 saturated carbocycles. The molecule has 9 aromatic carbocycles. The molecule has 0 spiro atoms. The first kappa shape index (κ1) is 40.5. The number of rotatable bonds is 9. The Kier molecular flexibility index (Phi) is 9.86. The van der Waals surface area contributed by atoms with E-state index in [9.17, 15) is 0 Å². The maximum Gasteiger partial charge on any atom is 0.181 e. The molecule has 0 N–H and O–H groups in total. The lowest BCUT2D eigenvalue weighted by molar-refractivity contribution is 0.291. The van der Waals surface area contributed by atoms with Crippen LogP contribution in [0.1, 0.15) is 46.2 Å². The Morgan fingerprint density at radius 1 is 0.449 bits per heavy atom. The lowest BCUT2D eigenvalue weighted by atomic mass is 9.67. The van der Waals surface area contributed by atoms with Gasteiger partial charge in [0.25, 0.3) is 0 Å². The molecule has 5 nitrogen and oxygen atoms in total. The highest BCUT2D eigenvalue weighted by molar-refractivity contribution is 5.88. The molecule has 0 amide bonds. The Morgan fingerprint density at radius 2 is 0.971 bits per heavy atom. The van der Waals surface area contributed by atoms with Crippen molar-refractivity contribution in [1.29, 1.82) is 0 Å². The summed E-state index contributed by atoms with van der Waals surface area (Å²) < 4.78 is 15.9. The van der Waals surface area contributed by atoms with Crippen molar-refractivity contribution in [2.45, 2.75) is 24.8 Å². The first-order valence-electron chi connectivity index (χ1n) is 23.7. The molecular formula is C64H45N3O2. The van der Waals surface area contributed by atoms with Crippen LogP contribution in [0.5, 0.6) is 11.5 Å². The standard InChI is InChI=1S/C64H45N3O2/c1-5-16-44(17-6-1)46-32-36-49(37-33-46)62-65-63(50-38-34-47(35-39-50)45-18-7-2-8-19-45)67(66-62)42-43-28-30-48(31-29-43)53-25-15-27-58-61(53)69-59-40-55-54-24-13-14-26-56(54)64(51-20-9-3-10-21-51,52-22-11-4-12-23-52)57(55)41-60(59)68-58/h1-14,16-24,26-41H,15,25,42H2. The van der Waals surface area contributed by atoms with E-state index in [4.69, 9.17) is 19.6 Å². The van der Waals surface area contributed by atoms with Gasteiger partial charge in [0, 0.05) is 16.7 Å². The normalized spacial score (nSPS) is 14.1. The molecule has 0 fully saturated rings. The van der Waals surface area contributed by atoms with E-state index in [1.165, 1.54) is 38.9 Å². The summed E-state index contributed by atoms with van der Waals surface area (Å²) >= 11 is 0. The summed E-state index contributed by atoms with van der Waals surface area (Å²) in [6.07, 6.45) is 3.86. The highest BCUT2D eigenvalue weighted by Gasteiger charge is 2.47. The van der Waals surface area contributed by atoms with Crippen LogP contribution in [0.4, 0.5) is 0 Å². The lowest BCUT2D eigenvalue weighted by Gasteiger charge is -2.35. The monoisotopic (exact) mass is 887 g/mol. The molecule has 0 bridgehead atoms. The quantitative estimate of drug-likeness (QED) is 0.145. The van der Waals surface area contributed by atoms with Crippen LogP contribution >= 0.6 is 0 Å². The molecule has 1 aromatic heterocycles. The molecule has 2 aliphatic carbocycles. The molecule has 69 heavy (non-hydrogen) atoms. The van der Waals surface area contributed by atoms with Crippen LogP contribution in [-0.2, 0) is 12.0 Å². The summed E-state index contributed by atoms with van der Waals surface area (Å²) in [5.41, 5.74) is 16.7. The summed E-state index contributed by atoms with van der Waals surface area (Å²) in [4.78, 5) is 5.19. The van der Waals surface area contributed by atoms with Crippen molar-refractivity contribution in [3.8, 4) is 67.7 Å². The van der Waals surface area contributed by atoms with Crippen molar-refractivity contribution in [3.05, 3.63) is 281 Å². The molecular weight excluding hydrogens is 843 g/mol. The van der Waals surface area contributed by atoms with Crippen molar-refractivity contribution < 1.29 is 9.47 Å². The summed E-state index contributed by atoms with van der Waals surface area (Å²) in [5, 5.41) is 5.16. The van der Waals surface area contributed by atoms with Crippen molar-refractivity contribution in [1.82, 2.24) is 14.8 Å². The van der Waals surface area contributed by atoms with E-state index in [2.05, 4.69) is 224 Å². The van der Waals surface area contributed by atoms with Gasteiger partial charge in [0.2, 0.25) is 0 Å². The first-order chi connectivity index (χ1) is 34.2. The lowest BCUT2D eigenvalue weighted by Crippen LogP contribution is -2.28. The largest absolute Gasteiger partial charge is 0.450 e. The zero-order valence-corrected chi connectivity index (χ0v) is 37.8. The van der Waals surface area contributed by atoms with Crippen LogP contribution < -0.4 is 9.47 Å². The van der Waals surface area contributed by atoms with Crippen molar-refractivity contribution >= 4 is 5.57 Å². The molecule has 10 aromatic rings. The number of fused-ring (bicyclic) bond motifs is 5. The van der Waals surface area contributed by atoms with Gasteiger partial charge in [0.05, 0.1) is 12.0 Å². The van der Waals surface area contributed by atoms with E-state index >= 15 is 0 Å². The summed E-state index contributed by atoms with van der Waals surface area (Å²) in [6, 6.07) is 81.8. The van der Waals surface area contributed by atoms with E-state index in [-0.39, 0.29) is 0 Å². The average molecular weight is 888 g/mol. The number of hydrogen-bond donors (Lipinski definition) is 0. The van der Waals surface area contributed by atoms with Gasteiger partial charge in [-0.3, -0.25) is 0 Å². The van der Waals surface area contributed by atoms with E-state index in [0.29, 0.717) is 12.4 Å². The van der Waals surface area contributed by atoms with Gasteiger partial charge in [-0.15, -0.1) is 0 Å². The van der Waals surface area contributed by atoms with Crippen molar-refractivity contribution in [2.24, 2.45) is 0 Å². The second kappa shape index (κ2) is 16.8. The fourth-order valence-corrected chi connectivity index (χ4v) is 10.7. The van der Waals surface area contributed by atoms with Crippen molar-refractivity contribution in [2.75, 3.05) is 0 Å². The zero-order valence-electron chi connectivity index (χ0n) is 37.8. The predicted octanol–water partition coefficient (Wildman–Crippen LogP) is 15.2. The van der Waals surface area contributed by atoms with Crippen molar-refractivity contribution in [3.63, 3.8) is 0 Å². The number of allylic oxidation sites excluding steroid dienone is 2. The first-order valence-corrected chi connectivity index (χ1v) is 23.7. The molecule has 0 saturated heterocycles. The van der Waals surface area contributed by atoms with Crippen LogP contribution in [0.3, 0.4) is 0 Å². The van der Waals surface area contributed by atoms with Gasteiger partial charge in [0.1, 0.15) is 0 Å². The van der Waals surface area contributed by atoms with Crippen LogP contribution in [0.15, 0.2) is 248 Å². The Bertz CT molecular complexity index is 3540. The van der Waals surface area contributed by atoms with E-state index in [1.54, 1.807) is 0 Å². The number of benzene rings is 9. The van der Waals surface area contributed by atoms with Gasteiger partial charge in [-0.25, -0.2) is 9.67 Å². The maximum atomic E-state index is 6.99. The highest BCUT2D eigenvalue weighted by Crippen LogP contribution is 2.59. The summed E-state index contributed by atoms with van der Waals surface area (Å²) in [7, 11) is 0. The minimum absolute atomic E-state index is 0.521. The van der Waals surface area contributed by atoms with E-state index in [1.807, 2.05) is 16.8 Å². The Labute approximate surface area is 402 Å². The van der Waals surface area contributed by atoms with Crippen LogP contribution in [0, 0.1) is 0 Å². The van der Waals surface area contributed by atoms with Crippen LogP contribution in [0.25, 0.3) is 61.7 Å². The van der Waals surface area contributed by atoms with Gasteiger partial charge in [-0.05, 0) is 97.8 Å². The molecule has 13 rings (SSSR count). The topological polar surface area (TPSA) is 49.2 Å². The molecule has 5 heteroatoms. The molecule has 328 valence electrons. The minimum Gasteiger partial charge on any atom is -0.450 e. The van der Waals surface area contributed by atoms with Gasteiger partial charge < -0.3 is 9.47 Å². The summed E-state index contributed by atoms with van der Waals surface area (Å²) in [6.45, 7) is 0.551. The van der Waals surface area contributed by atoms with Crippen LogP contribution in [0.2, 0.25) is 0 Å². The highest BCUT2D eigenvalue weighted by atomic mass is 16.6. The minimum atomic E-state index is -0.521. The smallest absolute Gasteiger partial charge is 0.181 e. The van der Waals surface area contributed by atoms with E-state index in [0.717, 1.165) is 86.2 Å². The second-order valence-corrected chi connectivity index (χ2v) is 18.0. The fourth-order valence-electron chi connectivity index (χ4n) is 10.7. The third kappa shape index (κ3) is 7.01. The molecule has 3 aliphatic rings. The number of hydrogen-bond acceptors (Lipinski definition) is 4. The van der Waals surface area contributed by atoms with Gasteiger partial charge in [-0.1, -0.05) is 218 Å². The number of nitrogens with zero attached hydrogens (tertiary/aromatic N) is 3. The maximum absolute atomic E-state index is 6.99. The number of aromatic nitrogens is 3. The van der Waals surface area contributed by atoms with Gasteiger partial charge in [-0.2, -0.15) is 5.10 Å². The molecule has 1 aliphatic heterocycles. The second-order valence-electron chi connectivity index (χ2n) is 18.0. The Morgan fingerprint density at radius 3 is 1.61 bits per heavy atom. The SMILES string of the molecule is C1=C2Oc3cc4c(cc3OC2=C(c2ccc(Cn3nc(-c5ccc(-c6ccccc6)cc5)nc3-c3ccc(-c5ccccc5)cc3)cc2)CC1)-c1ccccc1C4(c1ccccc1)c1ccccc1. The third-order valence-corrected chi connectivity index (χ3v) is 14.0. The molecule has 2 heterocycles. The van der Waals surface area contributed by atoms with Gasteiger partial charge >= 0.3 is 0 Å². The van der Waals surface area contributed by atoms with Gasteiger partial charge in [0.15, 0.2) is 34.7 Å². The Balaban J connectivity index is 0.833. The fraction of sp³-hybridized carbons (Fsp3) is 0.0625. The molecule has 0 unspecified atom stereocenters. The predicted molar refractivity (Wildman–Crippen MR) is 277 cm³/mol. The molecule has 0 atom stereocenters.